The molecule has 0 unspecified atom stereocenters. The number of rotatable bonds is 7. The van der Waals surface area contributed by atoms with Crippen LogP contribution in [-0.4, -0.2) is 21.8 Å². The van der Waals surface area contributed by atoms with Crippen LogP contribution in [0.4, 0.5) is 5.82 Å². The molecule has 0 aliphatic carbocycles. The summed E-state index contributed by atoms with van der Waals surface area (Å²) in [5.74, 6) is 1.38. The van der Waals surface area contributed by atoms with Gasteiger partial charge in [-0.05, 0) is 31.5 Å². The summed E-state index contributed by atoms with van der Waals surface area (Å²) in [7, 11) is 1.79. The van der Waals surface area contributed by atoms with Gasteiger partial charge in [-0.15, -0.1) is 0 Å². The quantitative estimate of drug-likeness (QED) is 0.686. The van der Waals surface area contributed by atoms with Gasteiger partial charge in [-0.3, -0.25) is 9.48 Å². The van der Waals surface area contributed by atoms with Gasteiger partial charge in [0.2, 0.25) is 0 Å². The molecule has 0 fully saturated rings. The summed E-state index contributed by atoms with van der Waals surface area (Å²) in [5.41, 5.74) is 1.49. The number of ether oxygens (including phenoxy) is 2. The lowest BCUT2D eigenvalue weighted by atomic mass is 10.2. The fraction of sp³-hybridized carbons (Fsp3) is 0.238. The minimum atomic E-state index is -0.271. The summed E-state index contributed by atoms with van der Waals surface area (Å²) < 4.78 is 13.3. The van der Waals surface area contributed by atoms with Crippen molar-refractivity contribution >= 4 is 11.7 Å². The van der Waals surface area contributed by atoms with E-state index in [4.69, 9.17) is 9.47 Å². The van der Waals surface area contributed by atoms with E-state index in [1.54, 1.807) is 42.2 Å². The van der Waals surface area contributed by atoms with Crippen molar-refractivity contribution in [2.45, 2.75) is 26.6 Å². The molecule has 6 nitrogen and oxygen atoms in total. The highest BCUT2D eigenvalue weighted by atomic mass is 16.5. The zero-order chi connectivity index (χ0) is 19.2. The number of hydrogen-bond acceptors (Lipinski definition) is 4. The topological polar surface area (TPSA) is 65.4 Å². The lowest BCUT2D eigenvalue weighted by molar-refractivity contribution is 0.102. The Balaban J connectivity index is 1.80. The standard InChI is InChI=1S/C21H23N3O3/c1-15(2)27-19-12-17(21(25)22-20-9-10-24(3)23-20)11-18(13-19)26-14-16-7-5-4-6-8-16/h4-13,15H,14H2,1-3H3,(H,22,23,25). The number of anilines is 1. The third-order valence-electron chi connectivity index (χ3n) is 3.72. The minimum absolute atomic E-state index is 0.0129. The van der Waals surface area contributed by atoms with Crippen LogP contribution in [-0.2, 0) is 13.7 Å². The van der Waals surface area contributed by atoms with Crippen molar-refractivity contribution in [3.05, 3.63) is 71.9 Å². The predicted octanol–water partition coefficient (Wildman–Crippen LogP) is 4.04. The Morgan fingerprint density at radius 1 is 1.11 bits per heavy atom. The molecule has 3 aromatic rings. The van der Waals surface area contributed by atoms with Gasteiger partial charge in [-0.2, -0.15) is 5.10 Å². The van der Waals surface area contributed by atoms with E-state index in [0.29, 0.717) is 29.5 Å². The van der Waals surface area contributed by atoms with Crippen LogP contribution in [0, 0.1) is 0 Å². The Labute approximate surface area is 158 Å². The molecule has 0 aliphatic heterocycles. The van der Waals surface area contributed by atoms with E-state index in [1.165, 1.54) is 0 Å². The first-order valence-corrected chi connectivity index (χ1v) is 8.79. The summed E-state index contributed by atoms with van der Waals surface area (Å²) >= 11 is 0. The normalized spacial score (nSPS) is 10.7. The molecular formula is C21H23N3O3. The number of carbonyl (C=O) groups excluding carboxylic acids is 1. The van der Waals surface area contributed by atoms with Crippen LogP contribution in [0.15, 0.2) is 60.8 Å². The van der Waals surface area contributed by atoms with E-state index in [2.05, 4.69) is 10.4 Å². The van der Waals surface area contributed by atoms with Gasteiger partial charge in [0.25, 0.3) is 5.91 Å². The number of amides is 1. The number of nitrogens with zero attached hydrogens (tertiary/aromatic N) is 2. The van der Waals surface area contributed by atoms with Crippen LogP contribution < -0.4 is 14.8 Å². The van der Waals surface area contributed by atoms with Crippen molar-refractivity contribution in [1.82, 2.24) is 9.78 Å². The van der Waals surface area contributed by atoms with Gasteiger partial charge in [0.1, 0.15) is 18.1 Å². The number of hydrogen-bond donors (Lipinski definition) is 1. The van der Waals surface area contributed by atoms with Crippen molar-refractivity contribution < 1.29 is 14.3 Å². The maximum Gasteiger partial charge on any atom is 0.257 e. The highest BCUT2D eigenvalue weighted by Gasteiger charge is 2.13. The Kier molecular flexibility index (Phi) is 5.76. The molecule has 1 amide bonds. The predicted molar refractivity (Wildman–Crippen MR) is 104 cm³/mol. The third kappa shape index (κ3) is 5.34. The number of aryl methyl sites for hydroxylation is 1. The van der Waals surface area contributed by atoms with Crippen LogP contribution in [0.5, 0.6) is 11.5 Å². The second-order valence-corrected chi connectivity index (χ2v) is 6.46. The molecule has 0 aliphatic rings. The summed E-state index contributed by atoms with van der Waals surface area (Å²) in [6, 6.07) is 16.8. The largest absolute Gasteiger partial charge is 0.491 e. The van der Waals surface area contributed by atoms with Gasteiger partial charge < -0.3 is 14.8 Å². The molecular weight excluding hydrogens is 342 g/mol. The second-order valence-electron chi connectivity index (χ2n) is 6.46. The molecule has 0 atom stereocenters. The van der Waals surface area contributed by atoms with E-state index < -0.39 is 0 Å². The average Bonchev–Trinajstić information content (AvgIpc) is 3.05. The first-order valence-electron chi connectivity index (χ1n) is 8.79. The molecule has 1 heterocycles. The average molecular weight is 365 g/mol. The summed E-state index contributed by atoms with van der Waals surface area (Å²) in [5, 5.41) is 6.95. The van der Waals surface area contributed by atoms with Crippen molar-refractivity contribution in [2.24, 2.45) is 7.05 Å². The molecule has 140 valence electrons. The highest BCUT2D eigenvalue weighted by molar-refractivity contribution is 6.04. The van der Waals surface area contributed by atoms with Crippen LogP contribution in [0.3, 0.4) is 0 Å². The maximum atomic E-state index is 12.6. The van der Waals surface area contributed by atoms with E-state index in [9.17, 15) is 4.79 Å². The SMILES string of the molecule is CC(C)Oc1cc(OCc2ccccc2)cc(C(=O)Nc2ccn(C)n2)c1. The monoisotopic (exact) mass is 365 g/mol. The van der Waals surface area contributed by atoms with Gasteiger partial charge >= 0.3 is 0 Å². The smallest absolute Gasteiger partial charge is 0.257 e. The van der Waals surface area contributed by atoms with Gasteiger partial charge in [0, 0.05) is 30.9 Å². The molecule has 0 bridgehead atoms. The molecule has 3 rings (SSSR count). The third-order valence-corrected chi connectivity index (χ3v) is 3.72. The van der Waals surface area contributed by atoms with Gasteiger partial charge in [-0.25, -0.2) is 0 Å². The van der Waals surface area contributed by atoms with Crippen molar-refractivity contribution in [2.75, 3.05) is 5.32 Å². The van der Waals surface area contributed by atoms with Gasteiger partial charge in [0.15, 0.2) is 5.82 Å². The van der Waals surface area contributed by atoms with E-state index in [0.717, 1.165) is 5.56 Å². The molecule has 0 spiro atoms. The van der Waals surface area contributed by atoms with Gasteiger partial charge in [0.05, 0.1) is 6.10 Å². The Morgan fingerprint density at radius 2 is 1.85 bits per heavy atom. The first kappa shape index (κ1) is 18.5. The highest BCUT2D eigenvalue weighted by Crippen LogP contribution is 2.25. The number of carbonyl (C=O) groups is 1. The first-order chi connectivity index (χ1) is 13.0. The molecule has 0 radical (unpaired) electrons. The van der Waals surface area contributed by atoms with E-state index >= 15 is 0 Å². The minimum Gasteiger partial charge on any atom is -0.491 e. The van der Waals surface area contributed by atoms with Crippen LogP contribution in [0.1, 0.15) is 29.8 Å². The van der Waals surface area contributed by atoms with Crippen molar-refractivity contribution in [3.8, 4) is 11.5 Å². The lowest BCUT2D eigenvalue weighted by Crippen LogP contribution is -2.14. The van der Waals surface area contributed by atoms with E-state index in [1.807, 2.05) is 44.2 Å². The summed E-state index contributed by atoms with van der Waals surface area (Å²) in [6.07, 6.45) is 1.75. The molecule has 0 saturated heterocycles. The maximum absolute atomic E-state index is 12.6. The molecule has 1 N–H and O–H groups in total. The van der Waals surface area contributed by atoms with Crippen LogP contribution >= 0.6 is 0 Å². The second kappa shape index (κ2) is 8.40. The van der Waals surface area contributed by atoms with E-state index in [-0.39, 0.29) is 12.0 Å². The molecule has 2 aromatic carbocycles. The van der Waals surface area contributed by atoms with Crippen LogP contribution in [0.25, 0.3) is 0 Å². The number of nitrogens with one attached hydrogen (secondary N) is 1. The fourth-order valence-electron chi connectivity index (χ4n) is 2.54. The fourth-order valence-corrected chi connectivity index (χ4v) is 2.54. The van der Waals surface area contributed by atoms with Crippen molar-refractivity contribution in [3.63, 3.8) is 0 Å². The molecule has 1 aromatic heterocycles. The number of benzene rings is 2. The van der Waals surface area contributed by atoms with Crippen molar-refractivity contribution in [1.29, 1.82) is 0 Å². The summed E-state index contributed by atoms with van der Waals surface area (Å²) in [6.45, 7) is 4.28. The summed E-state index contributed by atoms with van der Waals surface area (Å²) in [4.78, 5) is 12.6. The van der Waals surface area contributed by atoms with Crippen LogP contribution in [0.2, 0.25) is 0 Å². The zero-order valence-electron chi connectivity index (χ0n) is 15.7. The lowest BCUT2D eigenvalue weighted by Gasteiger charge is -2.14. The molecule has 6 heteroatoms. The number of aromatic nitrogens is 2. The Bertz CT molecular complexity index is 904. The molecule has 27 heavy (non-hydrogen) atoms. The Morgan fingerprint density at radius 3 is 2.52 bits per heavy atom. The molecule has 0 saturated carbocycles. The zero-order valence-corrected chi connectivity index (χ0v) is 15.7. The Hall–Kier alpha value is -3.28. The van der Waals surface area contributed by atoms with Gasteiger partial charge in [-0.1, -0.05) is 30.3 Å².